The fourth-order valence-corrected chi connectivity index (χ4v) is 3.09. The summed E-state index contributed by atoms with van der Waals surface area (Å²) in [7, 11) is 4.49. The maximum absolute atomic E-state index is 3.66. The Balaban J connectivity index is 2.27. The highest BCUT2D eigenvalue weighted by Gasteiger charge is 2.33. The molecule has 1 aliphatic carbocycles. The Bertz CT molecular complexity index is 177. The van der Waals surface area contributed by atoms with Crippen LogP contribution in [0.1, 0.15) is 38.5 Å². The van der Waals surface area contributed by atoms with Gasteiger partial charge in [0.05, 0.1) is 0 Å². The first-order valence-electron chi connectivity index (χ1n) is 6.58. The van der Waals surface area contributed by atoms with Crippen LogP contribution in [0.2, 0.25) is 0 Å². The van der Waals surface area contributed by atoms with E-state index >= 15 is 0 Å². The minimum atomic E-state index is 0.442. The van der Waals surface area contributed by atoms with Crippen LogP contribution in [0.15, 0.2) is 0 Å². The molecule has 3 heteroatoms. The van der Waals surface area contributed by atoms with E-state index in [2.05, 4.69) is 30.6 Å². The van der Waals surface area contributed by atoms with Gasteiger partial charge < -0.3 is 10.2 Å². The van der Waals surface area contributed by atoms with E-state index in [0.29, 0.717) is 5.54 Å². The molecule has 0 aliphatic heterocycles. The smallest absolute Gasteiger partial charge is 0.0327 e. The average Bonchev–Trinajstić information content (AvgIpc) is 2.30. The second-order valence-corrected chi connectivity index (χ2v) is 6.19. The Morgan fingerprint density at radius 3 is 2.44 bits per heavy atom. The van der Waals surface area contributed by atoms with Crippen LogP contribution in [0.4, 0.5) is 0 Å². The molecule has 2 nitrogen and oxygen atoms in total. The topological polar surface area (TPSA) is 15.3 Å². The van der Waals surface area contributed by atoms with Crippen molar-refractivity contribution < 1.29 is 0 Å². The van der Waals surface area contributed by atoms with E-state index in [0.717, 1.165) is 0 Å². The van der Waals surface area contributed by atoms with Crippen molar-refractivity contribution >= 4 is 11.8 Å². The first-order valence-corrected chi connectivity index (χ1v) is 7.98. The van der Waals surface area contributed by atoms with E-state index in [9.17, 15) is 0 Å². The molecular weight excluding hydrogens is 216 g/mol. The molecule has 0 saturated heterocycles. The lowest BCUT2D eigenvalue weighted by Gasteiger charge is -2.43. The summed E-state index contributed by atoms with van der Waals surface area (Å²) in [5.74, 6) is 1.28. The highest BCUT2D eigenvalue weighted by Crippen LogP contribution is 2.31. The van der Waals surface area contributed by atoms with Crippen molar-refractivity contribution in [1.29, 1.82) is 0 Å². The van der Waals surface area contributed by atoms with Gasteiger partial charge in [0.25, 0.3) is 0 Å². The van der Waals surface area contributed by atoms with Gasteiger partial charge in [-0.2, -0.15) is 11.8 Å². The van der Waals surface area contributed by atoms with Crippen molar-refractivity contribution in [2.75, 3.05) is 39.2 Å². The molecule has 0 unspecified atom stereocenters. The normalized spacial score (nSPS) is 20.2. The van der Waals surface area contributed by atoms with Gasteiger partial charge in [0.1, 0.15) is 0 Å². The van der Waals surface area contributed by atoms with Crippen LogP contribution < -0.4 is 5.32 Å². The van der Waals surface area contributed by atoms with Gasteiger partial charge in [0.2, 0.25) is 0 Å². The molecular formula is C13H28N2S. The molecule has 16 heavy (non-hydrogen) atoms. The molecule has 1 fully saturated rings. The van der Waals surface area contributed by atoms with Crippen LogP contribution >= 0.6 is 11.8 Å². The van der Waals surface area contributed by atoms with Gasteiger partial charge in [-0.25, -0.2) is 0 Å². The maximum Gasteiger partial charge on any atom is 0.0327 e. The van der Waals surface area contributed by atoms with Crippen LogP contribution in [0.5, 0.6) is 0 Å². The monoisotopic (exact) mass is 244 g/mol. The summed E-state index contributed by atoms with van der Waals surface area (Å²) in [6.45, 7) is 2.35. The zero-order valence-electron chi connectivity index (χ0n) is 11.2. The zero-order valence-corrected chi connectivity index (χ0v) is 12.0. The van der Waals surface area contributed by atoms with E-state index in [-0.39, 0.29) is 0 Å². The SMILES string of the molecule is CSCCCNCC1(N(C)C)CCCCC1. The van der Waals surface area contributed by atoms with Crippen LogP contribution in [-0.2, 0) is 0 Å². The fourth-order valence-electron chi connectivity index (χ4n) is 2.65. The second kappa shape index (κ2) is 7.57. The largest absolute Gasteiger partial charge is 0.315 e. The van der Waals surface area contributed by atoms with Crippen molar-refractivity contribution in [2.24, 2.45) is 0 Å². The van der Waals surface area contributed by atoms with Gasteiger partial charge >= 0.3 is 0 Å². The number of rotatable bonds is 7. The van der Waals surface area contributed by atoms with Crippen molar-refractivity contribution in [1.82, 2.24) is 10.2 Å². The maximum atomic E-state index is 3.66. The predicted octanol–water partition coefficient (Wildman–Crippen LogP) is 2.59. The highest BCUT2D eigenvalue weighted by molar-refractivity contribution is 7.98. The number of hydrogen-bond donors (Lipinski definition) is 1. The van der Waals surface area contributed by atoms with Gasteiger partial charge in [0.15, 0.2) is 0 Å². The number of nitrogens with zero attached hydrogens (tertiary/aromatic N) is 1. The number of hydrogen-bond acceptors (Lipinski definition) is 3. The molecule has 0 spiro atoms. The average molecular weight is 244 g/mol. The van der Waals surface area contributed by atoms with Crippen LogP contribution in [0.25, 0.3) is 0 Å². The molecule has 0 heterocycles. The molecule has 0 radical (unpaired) electrons. The molecule has 1 rings (SSSR count). The zero-order chi connectivity index (χ0) is 11.9. The third-order valence-corrected chi connectivity index (χ3v) is 4.59. The Kier molecular flexibility index (Phi) is 6.78. The first kappa shape index (κ1) is 14.3. The van der Waals surface area contributed by atoms with Crippen molar-refractivity contribution in [3.63, 3.8) is 0 Å². The molecule has 1 aliphatic rings. The molecule has 0 bridgehead atoms. The molecule has 0 aromatic carbocycles. The molecule has 1 N–H and O–H groups in total. The summed E-state index contributed by atoms with van der Waals surface area (Å²) in [6, 6.07) is 0. The quantitative estimate of drug-likeness (QED) is 0.693. The molecule has 0 aromatic heterocycles. The molecule has 1 saturated carbocycles. The van der Waals surface area contributed by atoms with Gasteiger partial charge in [-0.15, -0.1) is 0 Å². The predicted molar refractivity (Wildman–Crippen MR) is 75.4 cm³/mol. The number of thioether (sulfide) groups is 1. The van der Waals surface area contributed by atoms with Crippen molar-refractivity contribution in [2.45, 2.75) is 44.1 Å². The lowest BCUT2D eigenvalue weighted by atomic mass is 9.80. The Morgan fingerprint density at radius 2 is 1.88 bits per heavy atom. The Morgan fingerprint density at radius 1 is 1.19 bits per heavy atom. The Hall–Kier alpha value is 0.270. The van der Waals surface area contributed by atoms with Gasteiger partial charge in [0, 0.05) is 12.1 Å². The lowest BCUT2D eigenvalue weighted by Crippen LogP contribution is -2.53. The van der Waals surface area contributed by atoms with Crippen LogP contribution in [0.3, 0.4) is 0 Å². The number of likely N-dealkylation sites (N-methyl/N-ethyl adjacent to an activating group) is 1. The second-order valence-electron chi connectivity index (χ2n) is 5.20. The minimum absolute atomic E-state index is 0.442. The van der Waals surface area contributed by atoms with E-state index in [4.69, 9.17) is 0 Å². The molecule has 0 aromatic rings. The molecule has 96 valence electrons. The van der Waals surface area contributed by atoms with E-state index in [1.165, 1.54) is 57.4 Å². The summed E-state index contributed by atoms with van der Waals surface area (Å²) in [5.41, 5.74) is 0.442. The minimum Gasteiger partial charge on any atom is -0.315 e. The van der Waals surface area contributed by atoms with Crippen LogP contribution in [0, 0.1) is 0 Å². The number of nitrogens with one attached hydrogen (secondary N) is 1. The Labute approximate surface area is 106 Å². The molecule has 0 amide bonds. The standard InChI is InChI=1S/C13H28N2S/c1-15(2)13(8-5-4-6-9-13)12-14-10-7-11-16-3/h14H,4-12H2,1-3H3. The van der Waals surface area contributed by atoms with Crippen molar-refractivity contribution in [3.8, 4) is 0 Å². The molecule has 0 atom stereocenters. The van der Waals surface area contributed by atoms with Gasteiger partial charge in [-0.05, 0) is 51.9 Å². The van der Waals surface area contributed by atoms with Gasteiger partial charge in [-0.3, -0.25) is 0 Å². The fraction of sp³-hybridized carbons (Fsp3) is 1.00. The summed E-state index contributed by atoms with van der Waals surface area (Å²) in [4.78, 5) is 2.45. The summed E-state index contributed by atoms with van der Waals surface area (Å²) >= 11 is 1.94. The van der Waals surface area contributed by atoms with Crippen LogP contribution in [-0.4, -0.2) is 49.6 Å². The highest BCUT2D eigenvalue weighted by atomic mass is 32.2. The third-order valence-electron chi connectivity index (χ3n) is 3.89. The van der Waals surface area contributed by atoms with E-state index in [1.807, 2.05) is 11.8 Å². The third kappa shape index (κ3) is 4.27. The van der Waals surface area contributed by atoms with E-state index < -0.39 is 0 Å². The summed E-state index contributed by atoms with van der Waals surface area (Å²) in [5, 5.41) is 3.66. The van der Waals surface area contributed by atoms with Crippen molar-refractivity contribution in [3.05, 3.63) is 0 Å². The lowest BCUT2D eigenvalue weighted by molar-refractivity contribution is 0.0990. The first-order chi connectivity index (χ1) is 7.71. The van der Waals surface area contributed by atoms with E-state index in [1.54, 1.807) is 0 Å². The summed E-state index contributed by atoms with van der Waals surface area (Å²) < 4.78 is 0. The summed E-state index contributed by atoms with van der Waals surface area (Å²) in [6.07, 6.45) is 10.5. The van der Waals surface area contributed by atoms with Gasteiger partial charge in [-0.1, -0.05) is 19.3 Å².